The lowest BCUT2D eigenvalue weighted by Crippen LogP contribution is -2.46. The van der Waals surface area contributed by atoms with Crippen LogP contribution in [0.15, 0.2) is 4.79 Å². The number of hydrogen-bond donors (Lipinski definition) is 0. The highest BCUT2D eigenvalue weighted by molar-refractivity contribution is 5.85. The number of aryl methyl sites for hydroxylation is 1. The van der Waals surface area contributed by atoms with Gasteiger partial charge in [0.2, 0.25) is 11.8 Å². The second-order valence-electron chi connectivity index (χ2n) is 7.72. The summed E-state index contributed by atoms with van der Waals surface area (Å²) in [5.41, 5.74) is -0.0674. The molecule has 2 amide bonds. The number of aromatic nitrogens is 3. The molecule has 8 nitrogen and oxygen atoms in total. The van der Waals surface area contributed by atoms with Crippen LogP contribution in [0.2, 0.25) is 0 Å². The number of hydrogen-bond acceptors (Lipinski definition) is 4. The number of amides is 2. The minimum Gasteiger partial charge on any atom is -0.341 e. The maximum absolute atomic E-state index is 12.6. The van der Waals surface area contributed by atoms with Gasteiger partial charge in [-0.15, -0.1) is 0 Å². The molecule has 2 saturated heterocycles. The lowest BCUT2D eigenvalue weighted by Gasteiger charge is -2.33. The third-order valence-electron chi connectivity index (χ3n) is 5.84. The number of carbonyl (C=O) groups is 2. The van der Waals surface area contributed by atoms with Crippen molar-refractivity contribution in [3.05, 3.63) is 16.3 Å². The average Bonchev–Trinajstić information content (AvgIpc) is 2.80. The van der Waals surface area contributed by atoms with Crippen molar-refractivity contribution in [2.24, 2.45) is 13.0 Å². The zero-order valence-corrected chi connectivity index (χ0v) is 16.5. The van der Waals surface area contributed by atoms with Gasteiger partial charge in [-0.3, -0.25) is 14.2 Å². The van der Waals surface area contributed by atoms with Crippen LogP contribution in [0, 0.1) is 5.92 Å². The molecule has 0 radical (unpaired) electrons. The number of nitrogens with zero attached hydrogens (tertiary/aromatic N) is 5. The van der Waals surface area contributed by atoms with Crippen molar-refractivity contribution < 1.29 is 9.59 Å². The summed E-state index contributed by atoms with van der Waals surface area (Å²) in [6.45, 7) is 4.94. The lowest BCUT2D eigenvalue weighted by atomic mass is 9.93. The van der Waals surface area contributed by atoms with Gasteiger partial charge in [0.1, 0.15) is 5.82 Å². The predicted octanol–water partition coefficient (Wildman–Crippen LogP) is 0.785. The second kappa shape index (κ2) is 8.71. The Labute approximate surface area is 160 Å². The molecule has 1 aromatic rings. The van der Waals surface area contributed by atoms with Gasteiger partial charge in [-0.2, -0.15) is 5.10 Å². The largest absolute Gasteiger partial charge is 0.345 e. The molecule has 0 aliphatic carbocycles. The first-order valence-corrected chi connectivity index (χ1v) is 10.2. The smallest absolute Gasteiger partial charge is 0.341 e. The minimum absolute atomic E-state index is 0.0620. The van der Waals surface area contributed by atoms with Crippen LogP contribution in [0.3, 0.4) is 0 Å². The molecule has 2 aliphatic rings. The molecule has 2 aliphatic heterocycles. The van der Waals surface area contributed by atoms with E-state index in [2.05, 4.69) is 5.10 Å². The molecule has 0 saturated carbocycles. The fourth-order valence-electron chi connectivity index (χ4n) is 4.14. The first kappa shape index (κ1) is 19.6. The topological polar surface area (TPSA) is 80.4 Å². The molecule has 27 heavy (non-hydrogen) atoms. The van der Waals surface area contributed by atoms with Crippen molar-refractivity contribution >= 4 is 11.8 Å². The Kier molecular flexibility index (Phi) is 6.34. The molecule has 2 fully saturated rings. The molecule has 150 valence electrons. The van der Waals surface area contributed by atoms with Gasteiger partial charge in [-0.25, -0.2) is 9.48 Å². The molecule has 8 heteroatoms. The van der Waals surface area contributed by atoms with E-state index < -0.39 is 0 Å². The van der Waals surface area contributed by atoms with Crippen molar-refractivity contribution in [1.82, 2.24) is 24.1 Å². The summed E-state index contributed by atoms with van der Waals surface area (Å²) in [4.78, 5) is 40.3. The Hall–Kier alpha value is -2.12. The maximum atomic E-state index is 12.6. The highest BCUT2D eigenvalue weighted by Gasteiger charge is 2.27. The van der Waals surface area contributed by atoms with Crippen LogP contribution >= 0.6 is 0 Å². The van der Waals surface area contributed by atoms with Gasteiger partial charge in [-0.05, 0) is 38.5 Å². The van der Waals surface area contributed by atoms with Gasteiger partial charge in [0.05, 0.1) is 6.54 Å². The Morgan fingerprint density at radius 3 is 2.56 bits per heavy atom. The number of piperidine rings is 1. The molecule has 0 aromatic carbocycles. The van der Waals surface area contributed by atoms with Crippen molar-refractivity contribution in [1.29, 1.82) is 0 Å². The van der Waals surface area contributed by atoms with Gasteiger partial charge in [0.15, 0.2) is 0 Å². The first-order valence-electron chi connectivity index (χ1n) is 10.2. The molecular formula is C19H31N5O3. The number of carbonyl (C=O) groups excluding carboxylic acids is 2. The van der Waals surface area contributed by atoms with E-state index >= 15 is 0 Å². The Balaban J connectivity index is 1.51. The van der Waals surface area contributed by atoms with E-state index in [0.29, 0.717) is 38.5 Å². The summed E-state index contributed by atoms with van der Waals surface area (Å²) in [7, 11) is 1.68. The van der Waals surface area contributed by atoms with Crippen LogP contribution in [0.25, 0.3) is 0 Å². The van der Waals surface area contributed by atoms with Gasteiger partial charge in [0, 0.05) is 46.1 Å². The van der Waals surface area contributed by atoms with Gasteiger partial charge >= 0.3 is 5.69 Å². The van der Waals surface area contributed by atoms with Crippen LogP contribution in [-0.2, 0) is 29.6 Å². The third kappa shape index (κ3) is 4.59. The first-order chi connectivity index (χ1) is 13.0. The molecule has 1 aromatic heterocycles. The Bertz CT molecular complexity index is 730. The van der Waals surface area contributed by atoms with Crippen molar-refractivity contribution in [2.75, 3.05) is 26.2 Å². The molecule has 3 rings (SSSR count). The SMILES string of the molecule is CCn1c(CC2CCN(C(=O)CN3CCCCCC3=O)CC2)nn(C)c1=O. The van der Waals surface area contributed by atoms with E-state index in [0.717, 1.165) is 44.3 Å². The highest BCUT2D eigenvalue weighted by atomic mass is 16.2. The summed E-state index contributed by atoms with van der Waals surface area (Å²) in [5.74, 6) is 1.45. The summed E-state index contributed by atoms with van der Waals surface area (Å²) in [5, 5.41) is 4.37. The predicted molar refractivity (Wildman–Crippen MR) is 101 cm³/mol. The Morgan fingerprint density at radius 2 is 1.85 bits per heavy atom. The standard InChI is InChI=1S/C19H31N5O3/c1-3-24-16(20-21(2)19(24)27)13-15-8-11-22(12-9-15)18(26)14-23-10-6-4-5-7-17(23)25/h15H,3-14H2,1-2H3. The Morgan fingerprint density at radius 1 is 1.11 bits per heavy atom. The molecule has 0 atom stereocenters. The molecule has 0 spiro atoms. The summed E-state index contributed by atoms with van der Waals surface area (Å²) in [6.07, 6.45) is 6.16. The van der Waals surface area contributed by atoms with E-state index in [1.165, 1.54) is 4.68 Å². The molecular weight excluding hydrogens is 346 g/mol. The van der Waals surface area contributed by atoms with Gasteiger partial charge in [0.25, 0.3) is 0 Å². The number of rotatable bonds is 5. The summed E-state index contributed by atoms with van der Waals surface area (Å²) in [6, 6.07) is 0. The summed E-state index contributed by atoms with van der Waals surface area (Å²) >= 11 is 0. The van der Waals surface area contributed by atoms with Crippen LogP contribution < -0.4 is 5.69 Å². The fraction of sp³-hybridized carbons (Fsp3) is 0.789. The van der Waals surface area contributed by atoms with Crippen molar-refractivity contribution in [3.63, 3.8) is 0 Å². The molecule has 0 unspecified atom stereocenters. The van der Waals surface area contributed by atoms with Crippen LogP contribution in [0.5, 0.6) is 0 Å². The van der Waals surface area contributed by atoms with Crippen molar-refractivity contribution in [2.45, 2.75) is 58.4 Å². The monoisotopic (exact) mass is 377 g/mol. The average molecular weight is 377 g/mol. The van der Waals surface area contributed by atoms with Crippen molar-refractivity contribution in [3.8, 4) is 0 Å². The van der Waals surface area contributed by atoms with Gasteiger partial charge in [-0.1, -0.05) is 6.42 Å². The van der Waals surface area contributed by atoms with Crippen LogP contribution in [0.1, 0.15) is 51.3 Å². The quantitative estimate of drug-likeness (QED) is 0.760. The molecule has 0 bridgehead atoms. The van der Waals surface area contributed by atoms with Crippen LogP contribution in [-0.4, -0.2) is 62.1 Å². The molecule has 3 heterocycles. The normalized spacial score (nSPS) is 19.4. The highest BCUT2D eigenvalue weighted by Crippen LogP contribution is 2.21. The zero-order valence-electron chi connectivity index (χ0n) is 16.5. The summed E-state index contributed by atoms with van der Waals surface area (Å²) < 4.78 is 3.12. The maximum Gasteiger partial charge on any atom is 0.345 e. The fourth-order valence-corrected chi connectivity index (χ4v) is 4.14. The minimum atomic E-state index is -0.0674. The van der Waals surface area contributed by atoms with E-state index in [4.69, 9.17) is 0 Å². The number of likely N-dealkylation sites (tertiary alicyclic amines) is 2. The molecule has 0 N–H and O–H groups in total. The van der Waals surface area contributed by atoms with Gasteiger partial charge < -0.3 is 9.80 Å². The van der Waals surface area contributed by atoms with E-state index in [1.807, 2.05) is 11.8 Å². The second-order valence-corrected chi connectivity index (χ2v) is 7.72. The lowest BCUT2D eigenvalue weighted by molar-refractivity contribution is -0.141. The van der Waals surface area contributed by atoms with Crippen LogP contribution in [0.4, 0.5) is 0 Å². The van der Waals surface area contributed by atoms with E-state index in [1.54, 1.807) is 16.5 Å². The van der Waals surface area contributed by atoms with E-state index in [-0.39, 0.29) is 24.0 Å². The zero-order chi connectivity index (χ0) is 19.4. The third-order valence-corrected chi connectivity index (χ3v) is 5.84. The van der Waals surface area contributed by atoms with E-state index in [9.17, 15) is 14.4 Å².